The Labute approximate surface area is 105 Å². The number of thioether (sulfide) groups is 1. The first kappa shape index (κ1) is 15.6. The van der Waals surface area contributed by atoms with E-state index in [0.717, 1.165) is 31.5 Å². The van der Waals surface area contributed by atoms with Crippen molar-refractivity contribution in [1.29, 1.82) is 0 Å². The molecular weight excluding hydrogens is 218 g/mol. The molecule has 0 aliphatic carbocycles. The van der Waals surface area contributed by atoms with Crippen molar-refractivity contribution in [1.82, 2.24) is 10.6 Å². The average Bonchev–Trinajstić information content (AvgIpc) is 2.24. The van der Waals surface area contributed by atoms with Crippen LogP contribution in [0.4, 0.5) is 0 Å². The van der Waals surface area contributed by atoms with E-state index in [-0.39, 0.29) is 0 Å². The largest absolute Gasteiger partial charge is 0.357 e. The molecule has 1 atom stereocenters. The van der Waals surface area contributed by atoms with Crippen LogP contribution in [0.1, 0.15) is 34.1 Å². The smallest absolute Gasteiger partial charge is 0.191 e. The van der Waals surface area contributed by atoms with Gasteiger partial charge < -0.3 is 10.6 Å². The highest BCUT2D eigenvalue weighted by Gasteiger charge is 2.00. The minimum atomic E-state index is 0.584. The Morgan fingerprint density at radius 2 is 1.94 bits per heavy atom. The number of aliphatic imine (C=N–C) groups is 1. The van der Waals surface area contributed by atoms with Crippen LogP contribution in [0.25, 0.3) is 0 Å². The van der Waals surface area contributed by atoms with Gasteiger partial charge >= 0.3 is 0 Å². The molecule has 0 saturated carbocycles. The molecule has 0 fully saturated rings. The zero-order chi connectivity index (χ0) is 12.4. The maximum absolute atomic E-state index is 4.55. The Morgan fingerprint density at radius 3 is 2.44 bits per heavy atom. The van der Waals surface area contributed by atoms with E-state index in [1.165, 1.54) is 6.42 Å². The topological polar surface area (TPSA) is 36.4 Å². The summed E-state index contributed by atoms with van der Waals surface area (Å²) in [7, 11) is 0. The minimum absolute atomic E-state index is 0.584. The molecule has 96 valence electrons. The van der Waals surface area contributed by atoms with Crippen molar-refractivity contribution < 1.29 is 0 Å². The van der Waals surface area contributed by atoms with Gasteiger partial charge in [0.05, 0.1) is 6.54 Å². The molecule has 3 nitrogen and oxygen atoms in total. The van der Waals surface area contributed by atoms with Crippen molar-refractivity contribution in [3.05, 3.63) is 0 Å². The van der Waals surface area contributed by atoms with Crippen molar-refractivity contribution in [2.24, 2.45) is 10.9 Å². The van der Waals surface area contributed by atoms with Crippen molar-refractivity contribution in [2.75, 3.05) is 25.9 Å². The highest BCUT2D eigenvalue weighted by atomic mass is 32.2. The van der Waals surface area contributed by atoms with Gasteiger partial charge in [-0.15, -0.1) is 0 Å². The van der Waals surface area contributed by atoms with Gasteiger partial charge in [0.15, 0.2) is 5.96 Å². The van der Waals surface area contributed by atoms with Crippen LogP contribution < -0.4 is 10.6 Å². The predicted octanol–water partition coefficient (Wildman–Crippen LogP) is 2.34. The van der Waals surface area contributed by atoms with E-state index < -0.39 is 0 Å². The first-order valence-corrected chi connectivity index (χ1v) is 7.43. The molecule has 0 aliphatic rings. The Hall–Kier alpha value is -0.380. The summed E-state index contributed by atoms with van der Waals surface area (Å²) in [6.45, 7) is 11.6. The summed E-state index contributed by atoms with van der Waals surface area (Å²) >= 11 is 1.85. The van der Waals surface area contributed by atoms with Crippen LogP contribution in [0.15, 0.2) is 4.99 Å². The number of hydrogen-bond acceptors (Lipinski definition) is 2. The summed E-state index contributed by atoms with van der Waals surface area (Å²) in [4.78, 5) is 4.55. The van der Waals surface area contributed by atoms with Crippen LogP contribution in [-0.2, 0) is 0 Å². The van der Waals surface area contributed by atoms with Crippen LogP contribution in [-0.4, -0.2) is 37.1 Å². The Morgan fingerprint density at radius 1 is 1.25 bits per heavy atom. The fourth-order valence-electron chi connectivity index (χ4n) is 1.12. The summed E-state index contributed by atoms with van der Waals surface area (Å²) in [5.74, 6) is 1.68. The minimum Gasteiger partial charge on any atom is -0.357 e. The second-order valence-electron chi connectivity index (χ2n) is 4.38. The molecule has 0 heterocycles. The molecule has 0 aromatic heterocycles. The van der Waals surface area contributed by atoms with E-state index >= 15 is 0 Å². The normalized spacial score (nSPS) is 14.0. The van der Waals surface area contributed by atoms with E-state index in [9.17, 15) is 0 Å². The maximum Gasteiger partial charge on any atom is 0.191 e. The third-order valence-corrected chi connectivity index (χ3v) is 3.22. The van der Waals surface area contributed by atoms with Crippen molar-refractivity contribution in [2.45, 2.75) is 39.4 Å². The Kier molecular flexibility index (Phi) is 9.59. The van der Waals surface area contributed by atoms with Gasteiger partial charge in [-0.25, -0.2) is 0 Å². The summed E-state index contributed by atoms with van der Waals surface area (Å²) in [5.41, 5.74) is 0. The molecule has 0 aromatic carbocycles. The summed E-state index contributed by atoms with van der Waals surface area (Å²) in [5, 5.41) is 7.21. The van der Waals surface area contributed by atoms with Gasteiger partial charge in [-0.3, -0.25) is 4.99 Å². The lowest BCUT2D eigenvalue weighted by Crippen LogP contribution is -2.38. The van der Waals surface area contributed by atoms with Gasteiger partial charge in [0.2, 0.25) is 0 Å². The van der Waals surface area contributed by atoms with Gasteiger partial charge in [0.25, 0.3) is 0 Å². The van der Waals surface area contributed by atoms with Gasteiger partial charge in [-0.2, -0.15) is 11.8 Å². The Bertz CT molecular complexity index is 193. The Balaban J connectivity index is 3.94. The van der Waals surface area contributed by atoms with E-state index in [1.807, 2.05) is 11.8 Å². The van der Waals surface area contributed by atoms with E-state index in [0.29, 0.717) is 5.25 Å². The van der Waals surface area contributed by atoms with E-state index in [1.54, 1.807) is 0 Å². The molecule has 0 saturated heterocycles. The molecule has 0 rings (SSSR count). The number of guanidine groups is 1. The molecule has 1 unspecified atom stereocenters. The third-order valence-electron chi connectivity index (χ3n) is 2.27. The summed E-state index contributed by atoms with van der Waals surface area (Å²) in [6.07, 6.45) is 3.31. The fourth-order valence-corrected chi connectivity index (χ4v) is 1.34. The van der Waals surface area contributed by atoms with Crippen molar-refractivity contribution in [3.63, 3.8) is 0 Å². The molecule has 0 aromatic rings. The maximum atomic E-state index is 4.55. The van der Waals surface area contributed by atoms with Crippen LogP contribution in [0.2, 0.25) is 0 Å². The number of rotatable bonds is 7. The van der Waals surface area contributed by atoms with Crippen LogP contribution in [0.5, 0.6) is 0 Å². The molecule has 0 aliphatic heterocycles. The molecule has 0 radical (unpaired) electrons. The molecule has 4 heteroatoms. The summed E-state index contributed by atoms with van der Waals surface area (Å²) < 4.78 is 0. The zero-order valence-corrected chi connectivity index (χ0v) is 12.2. The lowest BCUT2D eigenvalue weighted by molar-refractivity contribution is 0.573. The van der Waals surface area contributed by atoms with Crippen LogP contribution in [0.3, 0.4) is 0 Å². The summed E-state index contributed by atoms with van der Waals surface area (Å²) in [6, 6.07) is 0. The van der Waals surface area contributed by atoms with Crippen LogP contribution >= 0.6 is 11.8 Å². The molecule has 0 amide bonds. The lowest BCUT2D eigenvalue weighted by Gasteiger charge is -2.13. The number of hydrogen-bond donors (Lipinski definition) is 2. The molecule has 16 heavy (non-hydrogen) atoms. The van der Waals surface area contributed by atoms with Gasteiger partial charge in [0, 0.05) is 18.3 Å². The number of nitrogens with zero attached hydrogens (tertiary/aromatic N) is 1. The fraction of sp³-hybridized carbons (Fsp3) is 0.917. The van der Waals surface area contributed by atoms with Crippen molar-refractivity contribution >= 4 is 17.7 Å². The van der Waals surface area contributed by atoms with Gasteiger partial charge in [-0.1, -0.05) is 20.8 Å². The quantitative estimate of drug-likeness (QED) is 0.534. The average molecular weight is 245 g/mol. The molecular formula is C12H27N3S. The second kappa shape index (κ2) is 9.82. The van der Waals surface area contributed by atoms with Gasteiger partial charge in [-0.05, 0) is 25.5 Å². The zero-order valence-electron chi connectivity index (χ0n) is 11.3. The SMILES string of the molecule is CCNC(=NCC(C)SC)NCCC(C)C. The third kappa shape index (κ3) is 8.89. The molecule has 2 N–H and O–H groups in total. The standard InChI is InChI=1S/C12H27N3S/c1-6-13-12(14-8-7-10(2)3)15-9-11(4)16-5/h10-11H,6-9H2,1-5H3,(H2,13,14,15). The van der Waals surface area contributed by atoms with E-state index in [2.05, 4.69) is 49.6 Å². The predicted molar refractivity (Wildman–Crippen MR) is 76.4 cm³/mol. The lowest BCUT2D eigenvalue weighted by atomic mass is 10.1. The van der Waals surface area contributed by atoms with Gasteiger partial charge in [0.1, 0.15) is 0 Å². The number of nitrogens with one attached hydrogen (secondary N) is 2. The molecule has 0 bridgehead atoms. The first-order valence-electron chi connectivity index (χ1n) is 6.15. The first-order chi connectivity index (χ1) is 7.60. The van der Waals surface area contributed by atoms with Crippen LogP contribution in [0, 0.1) is 5.92 Å². The second-order valence-corrected chi connectivity index (χ2v) is 5.65. The monoisotopic (exact) mass is 245 g/mol. The highest BCUT2D eigenvalue weighted by molar-refractivity contribution is 7.99. The highest BCUT2D eigenvalue weighted by Crippen LogP contribution is 2.04. The molecule has 0 spiro atoms. The van der Waals surface area contributed by atoms with Crippen molar-refractivity contribution in [3.8, 4) is 0 Å². The van der Waals surface area contributed by atoms with E-state index in [4.69, 9.17) is 0 Å².